The Morgan fingerprint density at radius 2 is 1.43 bits per heavy atom. The number of nitrogens with zero attached hydrogens (tertiary/aromatic N) is 2. The van der Waals surface area contributed by atoms with Crippen molar-refractivity contribution in [2.24, 2.45) is 0 Å². The molecule has 0 atom stereocenters. The molecule has 0 saturated heterocycles. The molecule has 0 spiro atoms. The summed E-state index contributed by atoms with van der Waals surface area (Å²) in [4.78, 5) is 31.7. The van der Waals surface area contributed by atoms with Crippen LogP contribution >= 0.6 is 23.2 Å². The molecular formula is C35H25Cl2N3O2. The van der Waals surface area contributed by atoms with E-state index in [9.17, 15) is 9.59 Å². The Morgan fingerprint density at radius 1 is 0.714 bits per heavy atom. The predicted octanol–water partition coefficient (Wildman–Crippen LogP) is 8.26. The first-order valence-corrected chi connectivity index (χ1v) is 14.2. The van der Waals surface area contributed by atoms with Gasteiger partial charge in [0.25, 0.3) is 11.5 Å². The zero-order valence-electron chi connectivity index (χ0n) is 22.4. The monoisotopic (exact) mass is 589 g/mol. The van der Waals surface area contributed by atoms with E-state index in [0.717, 1.165) is 22.3 Å². The van der Waals surface area contributed by atoms with Crippen molar-refractivity contribution in [1.29, 1.82) is 0 Å². The lowest BCUT2D eigenvalue weighted by Crippen LogP contribution is -2.26. The summed E-state index contributed by atoms with van der Waals surface area (Å²) in [6, 6.07) is 37.7. The summed E-state index contributed by atoms with van der Waals surface area (Å²) in [5.41, 5.74) is 5.47. The number of hydrogen-bond donors (Lipinski definition) is 1. The molecule has 1 amide bonds. The molecule has 206 valence electrons. The Morgan fingerprint density at radius 3 is 2.14 bits per heavy atom. The van der Waals surface area contributed by atoms with Crippen LogP contribution in [0.25, 0.3) is 22.0 Å². The first-order valence-electron chi connectivity index (χ1n) is 13.4. The van der Waals surface area contributed by atoms with Crippen molar-refractivity contribution in [3.05, 3.63) is 164 Å². The van der Waals surface area contributed by atoms with Crippen LogP contribution in [0, 0.1) is 0 Å². The molecular weight excluding hydrogens is 565 g/mol. The molecule has 0 aliphatic carbocycles. The van der Waals surface area contributed by atoms with E-state index in [1.807, 2.05) is 78.9 Å². The molecule has 0 aliphatic heterocycles. The fourth-order valence-corrected chi connectivity index (χ4v) is 5.20. The highest BCUT2D eigenvalue weighted by Crippen LogP contribution is 2.23. The van der Waals surface area contributed by atoms with Crippen LogP contribution < -0.4 is 10.9 Å². The summed E-state index contributed by atoms with van der Waals surface area (Å²) in [5.74, 6) is 0.350. The third-order valence-electron chi connectivity index (χ3n) is 7.06. The second-order valence-electron chi connectivity index (χ2n) is 9.98. The van der Waals surface area contributed by atoms with Crippen molar-refractivity contribution in [2.45, 2.75) is 13.0 Å². The molecule has 1 aromatic heterocycles. The van der Waals surface area contributed by atoms with E-state index < -0.39 is 0 Å². The minimum atomic E-state index is -0.313. The smallest absolute Gasteiger partial charge is 0.261 e. The van der Waals surface area contributed by atoms with Gasteiger partial charge >= 0.3 is 0 Å². The van der Waals surface area contributed by atoms with E-state index in [-0.39, 0.29) is 11.5 Å². The number of aromatic nitrogens is 2. The third kappa shape index (κ3) is 6.13. The summed E-state index contributed by atoms with van der Waals surface area (Å²) in [6.45, 7) is 0.351. The minimum Gasteiger partial charge on any atom is -0.322 e. The van der Waals surface area contributed by atoms with E-state index in [2.05, 4.69) is 5.32 Å². The Balaban J connectivity index is 1.36. The number of benzene rings is 5. The molecule has 0 bridgehead atoms. The van der Waals surface area contributed by atoms with E-state index in [1.165, 1.54) is 0 Å². The lowest BCUT2D eigenvalue weighted by atomic mass is 10.0. The molecule has 5 nitrogen and oxygen atoms in total. The SMILES string of the molecule is O=C(Nc1ccc2nc(Cc3ccccc3)n(Cc3ccc(-c4ccc(Cl)cc4)cc3)c(=O)c2c1)c1cccc(Cl)c1. The number of fused-ring (bicyclic) bond motifs is 1. The van der Waals surface area contributed by atoms with Gasteiger partial charge in [-0.25, -0.2) is 4.98 Å². The highest BCUT2D eigenvalue weighted by atomic mass is 35.5. The molecule has 1 N–H and O–H groups in total. The van der Waals surface area contributed by atoms with Gasteiger partial charge in [0.2, 0.25) is 0 Å². The Hall–Kier alpha value is -4.71. The van der Waals surface area contributed by atoms with Gasteiger partial charge in [-0.1, -0.05) is 96.0 Å². The van der Waals surface area contributed by atoms with Crippen molar-refractivity contribution in [3.8, 4) is 11.1 Å². The fourth-order valence-electron chi connectivity index (χ4n) is 4.88. The van der Waals surface area contributed by atoms with Crippen LogP contribution in [0.4, 0.5) is 5.69 Å². The van der Waals surface area contributed by atoms with E-state index in [0.29, 0.717) is 51.0 Å². The molecule has 0 saturated carbocycles. The minimum absolute atomic E-state index is 0.174. The maximum atomic E-state index is 14.0. The zero-order chi connectivity index (χ0) is 29.1. The molecule has 0 radical (unpaired) electrons. The van der Waals surface area contributed by atoms with Gasteiger partial charge in [-0.2, -0.15) is 0 Å². The second-order valence-corrected chi connectivity index (χ2v) is 10.9. The molecule has 1 heterocycles. The normalized spacial score (nSPS) is 11.0. The van der Waals surface area contributed by atoms with Crippen molar-refractivity contribution in [3.63, 3.8) is 0 Å². The van der Waals surface area contributed by atoms with Crippen molar-refractivity contribution in [2.75, 3.05) is 5.32 Å². The third-order valence-corrected chi connectivity index (χ3v) is 7.54. The summed E-state index contributed by atoms with van der Waals surface area (Å²) < 4.78 is 1.72. The van der Waals surface area contributed by atoms with E-state index in [1.54, 1.807) is 47.0 Å². The van der Waals surface area contributed by atoms with E-state index >= 15 is 0 Å². The van der Waals surface area contributed by atoms with Crippen LogP contribution in [0.15, 0.2) is 126 Å². The summed E-state index contributed by atoms with van der Waals surface area (Å²) >= 11 is 12.1. The highest BCUT2D eigenvalue weighted by Gasteiger charge is 2.15. The van der Waals surface area contributed by atoms with Gasteiger partial charge in [0.05, 0.1) is 17.4 Å². The number of halogens is 2. The maximum absolute atomic E-state index is 14.0. The predicted molar refractivity (Wildman–Crippen MR) is 171 cm³/mol. The molecule has 5 aromatic carbocycles. The first kappa shape index (κ1) is 27.5. The standard InChI is InChI=1S/C35H25Cl2N3O2/c36-28-15-13-26(14-16-28)25-11-9-24(10-12-25)22-40-33(19-23-5-2-1-3-6-23)39-32-18-17-30(21-31(32)35(40)42)38-34(41)27-7-4-8-29(37)20-27/h1-18,20-21H,19,22H2,(H,38,41). The fraction of sp³-hybridized carbons (Fsp3) is 0.0571. The van der Waals surface area contributed by atoms with Gasteiger partial charge in [0.1, 0.15) is 5.82 Å². The summed E-state index contributed by atoms with van der Waals surface area (Å²) in [5, 5.41) is 4.46. The topological polar surface area (TPSA) is 64.0 Å². The number of carbonyl (C=O) groups excluding carboxylic acids is 1. The van der Waals surface area contributed by atoms with E-state index in [4.69, 9.17) is 28.2 Å². The highest BCUT2D eigenvalue weighted by molar-refractivity contribution is 6.31. The number of carbonyl (C=O) groups is 1. The molecule has 0 aliphatic rings. The number of anilines is 1. The average Bonchev–Trinajstić information content (AvgIpc) is 3.01. The number of hydrogen-bond acceptors (Lipinski definition) is 3. The van der Waals surface area contributed by atoms with Crippen LogP contribution in [0.2, 0.25) is 10.0 Å². The molecule has 7 heteroatoms. The summed E-state index contributed by atoms with van der Waals surface area (Å²) in [7, 11) is 0. The van der Waals surface area contributed by atoms with Crippen molar-refractivity contribution < 1.29 is 4.79 Å². The number of nitrogens with one attached hydrogen (secondary N) is 1. The van der Waals surface area contributed by atoms with Crippen molar-refractivity contribution >= 4 is 45.7 Å². The molecule has 6 aromatic rings. The van der Waals surface area contributed by atoms with Crippen molar-refractivity contribution in [1.82, 2.24) is 9.55 Å². The number of amides is 1. The molecule has 0 fully saturated rings. The van der Waals surface area contributed by atoms with Crippen LogP contribution in [0.3, 0.4) is 0 Å². The number of rotatable bonds is 7. The van der Waals surface area contributed by atoms with Gasteiger partial charge in [-0.15, -0.1) is 0 Å². The Kier molecular flexibility index (Phi) is 7.87. The molecule has 0 unspecified atom stereocenters. The Bertz CT molecular complexity index is 1950. The second kappa shape index (κ2) is 12.0. The summed E-state index contributed by atoms with van der Waals surface area (Å²) in [6.07, 6.45) is 0.502. The lowest BCUT2D eigenvalue weighted by molar-refractivity contribution is 0.102. The lowest BCUT2D eigenvalue weighted by Gasteiger charge is -2.15. The van der Waals surface area contributed by atoms with Gasteiger partial charge in [-0.3, -0.25) is 14.2 Å². The first-order chi connectivity index (χ1) is 20.4. The van der Waals surface area contributed by atoms with Gasteiger partial charge in [0, 0.05) is 27.7 Å². The van der Waals surface area contributed by atoms with Gasteiger partial charge in [-0.05, 0) is 70.8 Å². The Labute approximate surface area is 253 Å². The van der Waals surface area contributed by atoms with Crippen LogP contribution in [0.1, 0.15) is 27.3 Å². The zero-order valence-corrected chi connectivity index (χ0v) is 23.9. The quantitative estimate of drug-likeness (QED) is 0.204. The van der Waals surface area contributed by atoms with Crippen LogP contribution in [0.5, 0.6) is 0 Å². The maximum Gasteiger partial charge on any atom is 0.261 e. The van der Waals surface area contributed by atoms with Crippen LogP contribution in [-0.2, 0) is 13.0 Å². The van der Waals surface area contributed by atoms with Gasteiger partial charge < -0.3 is 5.32 Å². The largest absolute Gasteiger partial charge is 0.322 e. The van der Waals surface area contributed by atoms with Crippen LogP contribution in [-0.4, -0.2) is 15.5 Å². The molecule has 6 rings (SSSR count). The van der Waals surface area contributed by atoms with Gasteiger partial charge in [0.15, 0.2) is 0 Å². The molecule has 42 heavy (non-hydrogen) atoms. The average molecular weight is 591 g/mol.